The van der Waals surface area contributed by atoms with E-state index in [9.17, 15) is 4.79 Å². The molecule has 0 aliphatic carbocycles. The van der Waals surface area contributed by atoms with Gasteiger partial charge in [0.1, 0.15) is 0 Å². The predicted octanol–water partition coefficient (Wildman–Crippen LogP) is 3.71. The summed E-state index contributed by atoms with van der Waals surface area (Å²) in [5.41, 5.74) is 4.70. The molecule has 1 amide bonds. The van der Waals surface area contributed by atoms with Crippen molar-refractivity contribution in [3.8, 4) is 11.3 Å². The van der Waals surface area contributed by atoms with Crippen LogP contribution >= 0.6 is 0 Å². The first-order chi connectivity index (χ1) is 15.3. The second kappa shape index (κ2) is 10.7. The van der Waals surface area contributed by atoms with Gasteiger partial charge in [0.15, 0.2) is 0 Å². The van der Waals surface area contributed by atoms with Gasteiger partial charge in [-0.2, -0.15) is 5.10 Å². The number of aryl methyl sites for hydroxylation is 1. The van der Waals surface area contributed by atoms with Crippen molar-refractivity contribution < 1.29 is 4.79 Å². The zero-order chi connectivity index (χ0) is 23.1. The van der Waals surface area contributed by atoms with Crippen LogP contribution in [-0.2, 0) is 11.3 Å². The van der Waals surface area contributed by atoms with Gasteiger partial charge < -0.3 is 15.5 Å². The van der Waals surface area contributed by atoms with Crippen molar-refractivity contribution in [2.75, 3.05) is 26.0 Å². The molecule has 0 unspecified atom stereocenters. The molecular weight excluding hydrogens is 402 g/mol. The van der Waals surface area contributed by atoms with Gasteiger partial charge >= 0.3 is 0 Å². The monoisotopic (exact) mass is 433 g/mol. The van der Waals surface area contributed by atoms with Gasteiger partial charge in [-0.05, 0) is 58.1 Å². The van der Waals surface area contributed by atoms with Gasteiger partial charge in [-0.1, -0.05) is 18.2 Å². The minimum absolute atomic E-state index is 0.101. The fraction of sp³-hybridized carbons (Fsp3) is 0.333. The van der Waals surface area contributed by atoms with Gasteiger partial charge in [-0.25, -0.2) is 9.97 Å². The molecule has 0 saturated heterocycles. The molecule has 3 rings (SSSR count). The standard InChI is InChI=1S/C24H31N7O/c1-17(2)31-16-20(15-27-31)23-18(3)13-26-24(29-23)28-21-10-8-19(9-11-21)14-25-22(32)7-6-12-30(4)5/h6-11,13,15-17H,12,14H2,1-5H3,(H,25,32)(H,26,28,29)/b7-6+. The smallest absolute Gasteiger partial charge is 0.243 e. The Hall–Kier alpha value is -3.52. The van der Waals surface area contributed by atoms with E-state index >= 15 is 0 Å². The van der Waals surface area contributed by atoms with E-state index in [1.54, 1.807) is 6.08 Å². The van der Waals surface area contributed by atoms with Crippen molar-refractivity contribution in [2.24, 2.45) is 0 Å². The summed E-state index contributed by atoms with van der Waals surface area (Å²) in [6, 6.07) is 8.12. The third kappa shape index (κ3) is 6.49. The molecule has 0 aliphatic heterocycles. The first-order valence-corrected chi connectivity index (χ1v) is 10.6. The molecule has 0 fully saturated rings. The summed E-state index contributed by atoms with van der Waals surface area (Å²) >= 11 is 0. The van der Waals surface area contributed by atoms with Crippen molar-refractivity contribution in [1.29, 1.82) is 0 Å². The number of benzene rings is 1. The number of hydrogen-bond donors (Lipinski definition) is 2. The molecule has 2 aromatic heterocycles. The zero-order valence-corrected chi connectivity index (χ0v) is 19.3. The quantitative estimate of drug-likeness (QED) is 0.500. The van der Waals surface area contributed by atoms with Crippen molar-refractivity contribution in [3.05, 3.63) is 66.1 Å². The van der Waals surface area contributed by atoms with Gasteiger partial charge in [-0.15, -0.1) is 0 Å². The molecular formula is C24H31N7O. The maximum absolute atomic E-state index is 11.9. The second-order valence-electron chi connectivity index (χ2n) is 8.23. The van der Waals surface area contributed by atoms with Gasteiger partial charge in [-0.3, -0.25) is 9.48 Å². The summed E-state index contributed by atoms with van der Waals surface area (Å²) in [7, 11) is 3.92. The summed E-state index contributed by atoms with van der Waals surface area (Å²) in [5.74, 6) is 0.422. The molecule has 0 bridgehead atoms. The van der Waals surface area contributed by atoms with Gasteiger partial charge in [0.25, 0.3) is 0 Å². The van der Waals surface area contributed by atoms with Gasteiger partial charge in [0, 0.05) is 48.9 Å². The number of amides is 1. The molecule has 0 spiro atoms. The lowest BCUT2D eigenvalue weighted by molar-refractivity contribution is -0.116. The van der Waals surface area contributed by atoms with E-state index in [0.717, 1.165) is 34.6 Å². The lowest BCUT2D eigenvalue weighted by Crippen LogP contribution is -2.21. The number of rotatable bonds is 9. The van der Waals surface area contributed by atoms with E-state index in [4.69, 9.17) is 0 Å². The maximum Gasteiger partial charge on any atom is 0.243 e. The third-order valence-corrected chi connectivity index (χ3v) is 4.79. The number of hydrogen-bond acceptors (Lipinski definition) is 6. The summed E-state index contributed by atoms with van der Waals surface area (Å²) in [6.07, 6.45) is 9.05. The molecule has 168 valence electrons. The molecule has 0 saturated carbocycles. The average molecular weight is 434 g/mol. The van der Waals surface area contributed by atoms with E-state index in [-0.39, 0.29) is 5.91 Å². The average Bonchev–Trinajstić information content (AvgIpc) is 3.25. The number of carbonyl (C=O) groups excluding carboxylic acids is 1. The molecule has 0 atom stereocenters. The Morgan fingerprint density at radius 2 is 1.94 bits per heavy atom. The van der Waals surface area contributed by atoms with Crippen molar-refractivity contribution in [2.45, 2.75) is 33.4 Å². The molecule has 2 N–H and O–H groups in total. The number of aromatic nitrogens is 4. The summed E-state index contributed by atoms with van der Waals surface area (Å²) in [5, 5.41) is 10.5. The third-order valence-electron chi connectivity index (χ3n) is 4.79. The number of anilines is 2. The Kier molecular flexibility index (Phi) is 7.72. The van der Waals surface area contributed by atoms with E-state index in [1.807, 2.05) is 79.5 Å². The Morgan fingerprint density at radius 3 is 2.59 bits per heavy atom. The SMILES string of the molecule is Cc1cnc(Nc2ccc(CNC(=O)/C=C/CN(C)C)cc2)nc1-c1cnn(C(C)C)c1. The van der Waals surface area contributed by atoms with Crippen LogP contribution in [0.25, 0.3) is 11.3 Å². The molecule has 0 radical (unpaired) electrons. The Balaban J connectivity index is 1.61. The van der Waals surface area contributed by atoms with E-state index in [2.05, 4.69) is 39.5 Å². The van der Waals surface area contributed by atoms with E-state index in [1.165, 1.54) is 0 Å². The normalized spacial score (nSPS) is 11.5. The maximum atomic E-state index is 11.9. The zero-order valence-electron chi connectivity index (χ0n) is 19.3. The number of nitrogens with zero attached hydrogens (tertiary/aromatic N) is 5. The minimum atomic E-state index is -0.101. The van der Waals surface area contributed by atoms with Gasteiger partial charge in [0.2, 0.25) is 11.9 Å². The van der Waals surface area contributed by atoms with Crippen LogP contribution in [0.15, 0.2) is 55.0 Å². The Morgan fingerprint density at radius 1 is 1.19 bits per heavy atom. The van der Waals surface area contributed by atoms with Crippen LogP contribution in [0.2, 0.25) is 0 Å². The molecule has 3 aromatic rings. The van der Waals surface area contributed by atoms with Crippen LogP contribution in [0, 0.1) is 6.92 Å². The van der Waals surface area contributed by atoms with E-state index in [0.29, 0.717) is 18.5 Å². The lowest BCUT2D eigenvalue weighted by Gasteiger charge is -2.09. The molecule has 8 nitrogen and oxygen atoms in total. The van der Waals surface area contributed by atoms with Crippen molar-refractivity contribution >= 4 is 17.5 Å². The summed E-state index contributed by atoms with van der Waals surface area (Å²) in [6.45, 7) is 7.37. The molecule has 32 heavy (non-hydrogen) atoms. The first kappa shape index (κ1) is 23.1. The lowest BCUT2D eigenvalue weighted by atomic mass is 10.1. The van der Waals surface area contributed by atoms with Crippen molar-refractivity contribution in [3.63, 3.8) is 0 Å². The summed E-state index contributed by atoms with van der Waals surface area (Å²) < 4.78 is 1.92. The van der Waals surface area contributed by atoms with Crippen LogP contribution in [0.5, 0.6) is 0 Å². The number of likely N-dealkylation sites (N-methyl/N-ethyl adjacent to an activating group) is 1. The van der Waals surface area contributed by atoms with Crippen LogP contribution < -0.4 is 10.6 Å². The van der Waals surface area contributed by atoms with Gasteiger partial charge in [0.05, 0.1) is 11.9 Å². The summed E-state index contributed by atoms with van der Waals surface area (Å²) in [4.78, 5) is 23.0. The Labute approximate surface area is 189 Å². The largest absolute Gasteiger partial charge is 0.348 e. The Bertz CT molecular complexity index is 1070. The fourth-order valence-electron chi connectivity index (χ4n) is 2.99. The van der Waals surface area contributed by atoms with Crippen LogP contribution in [0.4, 0.5) is 11.6 Å². The highest BCUT2D eigenvalue weighted by Crippen LogP contribution is 2.23. The highest BCUT2D eigenvalue weighted by molar-refractivity contribution is 5.87. The van der Waals surface area contributed by atoms with Crippen LogP contribution in [0.3, 0.4) is 0 Å². The molecule has 1 aromatic carbocycles. The van der Waals surface area contributed by atoms with Crippen LogP contribution in [-0.4, -0.2) is 51.2 Å². The molecule has 8 heteroatoms. The van der Waals surface area contributed by atoms with Crippen LogP contribution in [0.1, 0.15) is 31.0 Å². The molecule has 2 heterocycles. The van der Waals surface area contributed by atoms with Crippen molar-refractivity contribution in [1.82, 2.24) is 30.0 Å². The molecule has 0 aliphatic rings. The number of carbonyl (C=O) groups is 1. The highest BCUT2D eigenvalue weighted by Gasteiger charge is 2.10. The first-order valence-electron chi connectivity index (χ1n) is 10.6. The second-order valence-corrected chi connectivity index (χ2v) is 8.23. The topological polar surface area (TPSA) is 88.0 Å². The van der Waals surface area contributed by atoms with E-state index < -0.39 is 0 Å². The predicted molar refractivity (Wildman–Crippen MR) is 128 cm³/mol. The fourth-order valence-corrected chi connectivity index (χ4v) is 2.99. The highest BCUT2D eigenvalue weighted by atomic mass is 16.1. The minimum Gasteiger partial charge on any atom is -0.348 e. The number of nitrogens with one attached hydrogen (secondary N) is 2.